The second-order valence-electron chi connectivity index (χ2n) is 16.8. The topological polar surface area (TPSA) is 202 Å². The van der Waals surface area contributed by atoms with Crippen molar-refractivity contribution in [2.75, 3.05) is 56.7 Å². The van der Waals surface area contributed by atoms with E-state index < -0.39 is 95.8 Å². The summed E-state index contributed by atoms with van der Waals surface area (Å²) in [6, 6.07) is 0.218. The van der Waals surface area contributed by atoms with Crippen LogP contribution in [-0.4, -0.2) is 150 Å². The van der Waals surface area contributed by atoms with Gasteiger partial charge in [-0.15, -0.1) is 0 Å². The first-order valence-electron chi connectivity index (χ1n) is 20.9. The summed E-state index contributed by atoms with van der Waals surface area (Å²) in [6.07, 6.45) is -1.59. The van der Waals surface area contributed by atoms with Crippen LogP contribution in [0.3, 0.4) is 0 Å². The van der Waals surface area contributed by atoms with Gasteiger partial charge in [0.05, 0.1) is 19.3 Å². The van der Waals surface area contributed by atoms with E-state index in [0.717, 1.165) is 36.3 Å². The highest BCUT2D eigenvalue weighted by atomic mass is 19.1. The van der Waals surface area contributed by atoms with Crippen molar-refractivity contribution in [3.05, 3.63) is 59.2 Å². The lowest BCUT2D eigenvalue weighted by molar-refractivity contribution is -0.167. The molecule has 5 aliphatic rings. The first-order valence-corrected chi connectivity index (χ1v) is 20.9. The normalized spacial score (nSPS) is 29.2. The van der Waals surface area contributed by atoms with Gasteiger partial charge >= 0.3 is 12.0 Å². The molecule has 17 nitrogen and oxygen atoms in total. The number of esters is 1. The third kappa shape index (κ3) is 9.58. The highest BCUT2D eigenvalue weighted by Gasteiger charge is 2.48. The first-order chi connectivity index (χ1) is 29.1. The van der Waals surface area contributed by atoms with Crippen molar-refractivity contribution in [3.8, 4) is 0 Å². The smallest absolute Gasteiger partial charge is 0.329 e. The van der Waals surface area contributed by atoms with Gasteiger partial charge in [-0.25, -0.2) is 18.4 Å². The number of cyclic esters (lactones) is 1. The van der Waals surface area contributed by atoms with Gasteiger partial charge in [-0.1, -0.05) is 6.92 Å². The number of fused-ring (bicyclic) bond motifs is 4. The molecule has 2 aromatic rings. The third-order valence-electron chi connectivity index (χ3n) is 12.3. The molecule has 5 heterocycles. The molecule has 0 spiro atoms. The number of halogens is 2. The van der Waals surface area contributed by atoms with Crippen LogP contribution < -0.4 is 26.2 Å². The van der Waals surface area contributed by atoms with Crippen LogP contribution in [0.2, 0.25) is 0 Å². The van der Waals surface area contributed by atoms with Crippen molar-refractivity contribution >= 4 is 47.0 Å². The quantitative estimate of drug-likeness (QED) is 0.259. The molecule has 5 N–H and O–H groups in total. The SMILES string of the molecule is C[C@@H]1C[C@H]2C(=O)O[C@@H](C)[C@H](NC(=O)[C@H](Cc3cc(F)cc(F)c3)NC(=O)Nc3ccc4c(c3)CCN4C)C(O)N3CCC[C@H]3C(=O)N3CCOC[C@H]3C(=O)N[C@@H](C)C(=O)N2C1. The number of ether oxygens (including phenoxy) is 2. The molecule has 0 aliphatic carbocycles. The van der Waals surface area contributed by atoms with E-state index in [4.69, 9.17) is 9.47 Å². The molecule has 4 saturated heterocycles. The fraction of sp³-hybridized carbons (Fsp3) is 0.571. The molecule has 0 bridgehead atoms. The second kappa shape index (κ2) is 18.3. The maximum Gasteiger partial charge on any atom is 0.329 e. The highest BCUT2D eigenvalue weighted by Crippen LogP contribution is 2.31. The zero-order valence-corrected chi connectivity index (χ0v) is 34.7. The van der Waals surface area contributed by atoms with E-state index in [1.54, 1.807) is 6.07 Å². The van der Waals surface area contributed by atoms with Crippen molar-refractivity contribution < 1.29 is 52.1 Å². The van der Waals surface area contributed by atoms with Gasteiger partial charge in [0.25, 0.3) is 0 Å². The largest absolute Gasteiger partial charge is 0.459 e. The maximum atomic E-state index is 14.5. The number of nitrogens with one attached hydrogen (secondary N) is 4. The molecule has 1 unspecified atom stereocenters. The van der Waals surface area contributed by atoms with Crippen molar-refractivity contribution in [3.63, 3.8) is 0 Å². The number of anilines is 2. The van der Waals surface area contributed by atoms with Crippen molar-refractivity contribution in [1.29, 1.82) is 0 Å². The zero-order chi connectivity index (χ0) is 43.7. The monoisotopic (exact) mass is 852 g/mol. The van der Waals surface area contributed by atoms with Crippen LogP contribution in [0.25, 0.3) is 0 Å². The summed E-state index contributed by atoms with van der Waals surface area (Å²) in [5, 5.41) is 23.0. The summed E-state index contributed by atoms with van der Waals surface area (Å²) in [4.78, 5) is 90.1. The minimum atomic E-state index is -1.67. The Kier molecular flexibility index (Phi) is 13.1. The Morgan fingerprint density at radius 3 is 2.46 bits per heavy atom. The summed E-state index contributed by atoms with van der Waals surface area (Å²) in [7, 11) is 1.96. The number of aliphatic hydroxyl groups is 1. The van der Waals surface area contributed by atoms with Crippen LogP contribution in [-0.2, 0) is 46.3 Å². The molecule has 0 saturated carbocycles. The Balaban J connectivity index is 1.20. The lowest BCUT2D eigenvalue weighted by Gasteiger charge is -2.41. The highest BCUT2D eigenvalue weighted by molar-refractivity contribution is 5.96. The van der Waals surface area contributed by atoms with Crippen LogP contribution in [0.1, 0.15) is 51.2 Å². The average Bonchev–Trinajstić information content (AvgIpc) is 3.96. The summed E-state index contributed by atoms with van der Waals surface area (Å²) >= 11 is 0. The number of aliphatic hydroxyl groups excluding tert-OH is 1. The summed E-state index contributed by atoms with van der Waals surface area (Å²) in [6.45, 7) is 6.11. The maximum absolute atomic E-state index is 14.5. The van der Waals surface area contributed by atoms with Gasteiger partial charge < -0.3 is 50.5 Å². The number of morpholine rings is 1. The molecular formula is C42H54F2N8O9. The zero-order valence-electron chi connectivity index (χ0n) is 34.7. The molecular weight excluding hydrogens is 799 g/mol. The lowest BCUT2D eigenvalue weighted by Crippen LogP contribution is -2.65. The number of likely N-dealkylation sites (N-methyl/N-ethyl adjacent to an activating group) is 1. The molecule has 0 radical (unpaired) electrons. The molecule has 61 heavy (non-hydrogen) atoms. The van der Waals surface area contributed by atoms with Crippen molar-refractivity contribution in [2.45, 2.75) is 101 Å². The van der Waals surface area contributed by atoms with Crippen LogP contribution in [0.5, 0.6) is 0 Å². The fourth-order valence-electron chi connectivity index (χ4n) is 9.16. The Hall–Kier alpha value is -5.40. The van der Waals surface area contributed by atoms with Gasteiger partial charge in [0.1, 0.15) is 54.2 Å². The average molecular weight is 853 g/mol. The Bertz CT molecular complexity index is 2020. The molecule has 2 aromatic carbocycles. The number of carbonyl (C=O) groups excluding carboxylic acids is 6. The van der Waals surface area contributed by atoms with Gasteiger partial charge in [-0.05, 0) is 86.9 Å². The standard InChI is InChI=1S/C42H54F2N8O9/c1-22-14-33-41(58)61-24(3)35(40(57)50-10-5-6-32(50)39(56)51-12-13-60-21-34(51)37(54)45-23(2)38(55)52(33)20-22)48-36(53)30(17-25-15-27(43)19-28(44)16-25)47-42(59)46-29-7-8-31-26(18-29)9-11-49(31)4/h7-8,15-16,18-19,22-24,30,32-35,40,57H,5-6,9-14,17,20-21H2,1-4H3,(H,45,54)(H,48,53)(H2,46,47,59)/t22-,23+,24+,30+,32+,33+,34+,35+,40?/m1/s1. The van der Waals surface area contributed by atoms with Gasteiger partial charge in [0.2, 0.25) is 23.6 Å². The molecule has 7 rings (SSSR count). The number of amides is 6. The number of urea groups is 1. The van der Waals surface area contributed by atoms with Crippen LogP contribution in [0, 0.1) is 17.6 Å². The van der Waals surface area contributed by atoms with E-state index in [1.165, 1.54) is 28.5 Å². The van der Waals surface area contributed by atoms with Gasteiger partial charge in [0.15, 0.2) is 0 Å². The molecule has 6 amide bonds. The van der Waals surface area contributed by atoms with E-state index in [1.807, 2.05) is 26.1 Å². The van der Waals surface area contributed by atoms with Crippen LogP contribution in [0.4, 0.5) is 25.0 Å². The minimum absolute atomic E-state index is 0.0418. The number of nitrogens with zero attached hydrogens (tertiary/aromatic N) is 4. The van der Waals surface area contributed by atoms with Gasteiger partial charge in [-0.2, -0.15) is 0 Å². The Morgan fingerprint density at radius 1 is 0.951 bits per heavy atom. The summed E-state index contributed by atoms with van der Waals surface area (Å²) < 4.78 is 40.4. The molecule has 19 heteroatoms. The van der Waals surface area contributed by atoms with Crippen molar-refractivity contribution in [2.24, 2.45) is 5.92 Å². The number of hydrogen-bond donors (Lipinski definition) is 5. The molecule has 5 aliphatic heterocycles. The predicted molar refractivity (Wildman–Crippen MR) is 216 cm³/mol. The van der Waals surface area contributed by atoms with E-state index in [0.29, 0.717) is 18.2 Å². The minimum Gasteiger partial charge on any atom is -0.459 e. The van der Waals surface area contributed by atoms with E-state index in [9.17, 15) is 42.7 Å². The summed E-state index contributed by atoms with van der Waals surface area (Å²) in [5.74, 6) is -5.24. The Labute approximate surface area is 352 Å². The van der Waals surface area contributed by atoms with Crippen LogP contribution >= 0.6 is 0 Å². The third-order valence-corrected chi connectivity index (χ3v) is 12.3. The van der Waals surface area contributed by atoms with E-state index >= 15 is 0 Å². The van der Waals surface area contributed by atoms with E-state index in [-0.39, 0.29) is 63.6 Å². The van der Waals surface area contributed by atoms with Crippen molar-refractivity contribution in [1.82, 2.24) is 30.7 Å². The van der Waals surface area contributed by atoms with E-state index in [2.05, 4.69) is 26.2 Å². The number of hydrogen-bond acceptors (Lipinski definition) is 11. The predicted octanol–water partition coefficient (Wildman–Crippen LogP) is 0.872. The Morgan fingerprint density at radius 2 is 1.70 bits per heavy atom. The number of rotatable bonds is 6. The second-order valence-corrected chi connectivity index (χ2v) is 16.8. The molecule has 330 valence electrons. The number of carbonyl (C=O) groups is 6. The first kappa shape index (κ1) is 43.7. The lowest BCUT2D eigenvalue weighted by atomic mass is 10.0. The molecule has 0 aromatic heterocycles. The number of benzene rings is 2. The molecule has 4 fully saturated rings. The van der Waals surface area contributed by atoms with Gasteiger partial charge in [-0.3, -0.25) is 24.1 Å². The summed E-state index contributed by atoms with van der Waals surface area (Å²) in [5.41, 5.74) is 2.53. The van der Waals surface area contributed by atoms with Crippen LogP contribution in [0.15, 0.2) is 36.4 Å². The van der Waals surface area contributed by atoms with Gasteiger partial charge in [0, 0.05) is 57.1 Å². The molecule has 9 atom stereocenters. The fourth-order valence-corrected chi connectivity index (χ4v) is 9.16.